The van der Waals surface area contributed by atoms with Crippen molar-refractivity contribution in [3.63, 3.8) is 0 Å². The van der Waals surface area contributed by atoms with Crippen LogP contribution in [-0.4, -0.2) is 66.1 Å². The molecule has 1 aliphatic heterocycles. The fourth-order valence-corrected chi connectivity index (χ4v) is 3.32. The first-order valence-corrected chi connectivity index (χ1v) is 9.35. The van der Waals surface area contributed by atoms with Gasteiger partial charge in [0.2, 0.25) is 0 Å². The van der Waals surface area contributed by atoms with E-state index in [2.05, 4.69) is 47.1 Å². The Morgan fingerprint density at radius 2 is 1.83 bits per heavy atom. The van der Waals surface area contributed by atoms with Gasteiger partial charge in [-0.15, -0.1) is 0 Å². The largest absolute Gasteiger partial charge is 0.375 e. The van der Waals surface area contributed by atoms with Crippen LogP contribution < -0.4 is 0 Å². The van der Waals surface area contributed by atoms with E-state index >= 15 is 0 Å². The first-order chi connectivity index (χ1) is 11.5. The molecule has 0 radical (unpaired) electrons. The van der Waals surface area contributed by atoms with Crippen molar-refractivity contribution in [2.24, 2.45) is 0 Å². The number of benzene rings is 1. The lowest BCUT2D eigenvalue weighted by atomic mass is 10.1. The average molecular weight is 335 g/mol. The van der Waals surface area contributed by atoms with Crippen LogP contribution in [0.5, 0.6) is 0 Å². The van der Waals surface area contributed by atoms with Crippen LogP contribution in [-0.2, 0) is 11.2 Å². The Bertz CT molecular complexity index is 464. The van der Waals surface area contributed by atoms with E-state index in [9.17, 15) is 5.11 Å². The molecule has 4 nitrogen and oxygen atoms in total. The van der Waals surface area contributed by atoms with E-state index in [-0.39, 0.29) is 0 Å². The highest BCUT2D eigenvalue weighted by atomic mass is 16.5. The van der Waals surface area contributed by atoms with Crippen LogP contribution in [0.25, 0.3) is 0 Å². The topological polar surface area (TPSA) is 35.9 Å². The minimum Gasteiger partial charge on any atom is -0.375 e. The molecule has 1 N–H and O–H groups in total. The van der Waals surface area contributed by atoms with Gasteiger partial charge in [0.15, 0.2) is 0 Å². The number of likely N-dealkylation sites (N-methyl/N-ethyl adjacent to an activating group) is 1. The van der Waals surface area contributed by atoms with Gasteiger partial charge in [0, 0.05) is 19.6 Å². The van der Waals surface area contributed by atoms with Crippen LogP contribution in [0, 0.1) is 0 Å². The zero-order valence-corrected chi connectivity index (χ0v) is 15.6. The molecule has 1 aromatic rings. The molecular formula is C20H34N2O2. The highest BCUT2D eigenvalue weighted by Gasteiger charge is 2.33. The first kappa shape index (κ1) is 19.4. The van der Waals surface area contributed by atoms with Crippen molar-refractivity contribution in [1.82, 2.24) is 9.80 Å². The van der Waals surface area contributed by atoms with Crippen molar-refractivity contribution in [3.8, 4) is 0 Å². The quantitative estimate of drug-likeness (QED) is 0.918. The standard InChI is InChI=1S/C20H34N2O2/c1-4-22-14-9-8-13-21(15-12-18-10-6-5-7-11-18)16-17-24-20(2,3)19(22)23/h5-7,10-11,19,23H,4,8-9,12-17H2,1-3H3. The van der Waals surface area contributed by atoms with Crippen molar-refractivity contribution in [3.05, 3.63) is 35.9 Å². The van der Waals surface area contributed by atoms with Crippen LogP contribution in [0.3, 0.4) is 0 Å². The second kappa shape index (κ2) is 9.52. The summed E-state index contributed by atoms with van der Waals surface area (Å²) in [6, 6.07) is 10.7. The van der Waals surface area contributed by atoms with E-state index in [0.29, 0.717) is 6.61 Å². The summed E-state index contributed by atoms with van der Waals surface area (Å²) in [5, 5.41) is 10.6. The molecule has 2 rings (SSSR count). The number of ether oxygens (including phenoxy) is 1. The molecule has 1 aliphatic rings. The predicted octanol–water partition coefficient (Wildman–Crippen LogP) is 2.76. The maximum Gasteiger partial charge on any atom is 0.136 e. The molecule has 1 heterocycles. The van der Waals surface area contributed by atoms with Crippen molar-refractivity contribution >= 4 is 0 Å². The molecule has 0 saturated carbocycles. The van der Waals surface area contributed by atoms with Gasteiger partial charge in [-0.25, -0.2) is 0 Å². The van der Waals surface area contributed by atoms with Gasteiger partial charge in [-0.05, 0) is 51.8 Å². The van der Waals surface area contributed by atoms with E-state index in [4.69, 9.17) is 4.74 Å². The van der Waals surface area contributed by atoms with E-state index in [1.807, 2.05) is 13.8 Å². The van der Waals surface area contributed by atoms with E-state index in [0.717, 1.165) is 45.6 Å². The molecule has 1 aromatic carbocycles. The van der Waals surface area contributed by atoms with Crippen molar-refractivity contribution in [2.75, 3.05) is 39.3 Å². The normalized spacial score (nSPS) is 24.4. The number of nitrogens with zero attached hydrogens (tertiary/aromatic N) is 2. The molecule has 4 heteroatoms. The molecule has 1 atom stereocenters. The molecule has 0 spiro atoms. The number of hydrogen-bond acceptors (Lipinski definition) is 4. The minimum atomic E-state index is -0.543. The van der Waals surface area contributed by atoms with Gasteiger partial charge >= 0.3 is 0 Å². The van der Waals surface area contributed by atoms with Gasteiger partial charge in [-0.1, -0.05) is 37.3 Å². The van der Waals surface area contributed by atoms with Crippen LogP contribution in [0.15, 0.2) is 30.3 Å². The molecule has 136 valence electrons. The zero-order valence-electron chi connectivity index (χ0n) is 15.6. The minimum absolute atomic E-state index is 0.536. The lowest BCUT2D eigenvalue weighted by Crippen LogP contribution is -2.51. The summed E-state index contributed by atoms with van der Waals surface area (Å²) in [4.78, 5) is 4.62. The molecule has 0 aliphatic carbocycles. The molecule has 1 saturated heterocycles. The smallest absolute Gasteiger partial charge is 0.136 e. The lowest BCUT2D eigenvalue weighted by molar-refractivity contribution is -0.161. The van der Waals surface area contributed by atoms with Crippen LogP contribution in [0.2, 0.25) is 0 Å². The van der Waals surface area contributed by atoms with Crippen molar-refractivity contribution in [1.29, 1.82) is 0 Å². The third kappa shape index (κ3) is 5.85. The van der Waals surface area contributed by atoms with E-state index in [1.54, 1.807) is 0 Å². The molecule has 0 aromatic heterocycles. The second-order valence-corrected chi connectivity index (χ2v) is 7.24. The van der Waals surface area contributed by atoms with Crippen LogP contribution in [0.4, 0.5) is 0 Å². The number of rotatable bonds is 4. The molecule has 1 fully saturated rings. The number of aliphatic hydroxyl groups is 1. The van der Waals surface area contributed by atoms with E-state index < -0.39 is 11.8 Å². The molecule has 24 heavy (non-hydrogen) atoms. The maximum absolute atomic E-state index is 10.6. The highest BCUT2D eigenvalue weighted by Crippen LogP contribution is 2.20. The summed E-state index contributed by atoms with van der Waals surface area (Å²) in [6.07, 6.45) is 2.81. The Kier molecular flexibility index (Phi) is 7.69. The molecule has 0 amide bonds. The highest BCUT2D eigenvalue weighted by molar-refractivity contribution is 5.14. The summed E-state index contributed by atoms with van der Waals surface area (Å²) in [6.45, 7) is 11.6. The molecule has 0 bridgehead atoms. The van der Waals surface area contributed by atoms with Crippen molar-refractivity contribution in [2.45, 2.75) is 51.9 Å². The van der Waals surface area contributed by atoms with Gasteiger partial charge in [-0.3, -0.25) is 4.90 Å². The van der Waals surface area contributed by atoms with Crippen LogP contribution in [0.1, 0.15) is 39.2 Å². The summed E-state index contributed by atoms with van der Waals surface area (Å²) < 4.78 is 6.05. The second-order valence-electron chi connectivity index (χ2n) is 7.24. The van der Waals surface area contributed by atoms with Gasteiger partial charge < -0.3 is 14.7 Å². The third-order valence-electron chi connectivity index (χ3n) is 4.98. The Labute approximate surface area is 147 Å². The molecule has 1 unspecified atom stereocenters. The SMILES string of the molecule is CCN1CCCCN(CCc2ccccc2)CCOC(C)(C)C1O. The summed E-state index contributed by atoms with van der Waals surface area (Å²) >= 11 is 0. The van der Waals surface area contributed by atoms with E-state index in [1.165, 1.54) is 12.0 Å². The Morgan fingerprint density at radius 1 is 1.12 bits per heavy atom. The maximum atomic E-state index is 10.6. The summed E-state index contributed by atoms with van der Waals surface area (Å²) in [5.41, 5.74) is 0.853. The zero-order chi connectivity index (χ0) is 17.4. The Morgan fingerprint density at radius 3 is 2.54 bits per heavy atom. The average Bonchev–Trinajstić information content (AvgIpc) is 2.60. The fraction of sp³-hybridized carbons (Fsp3) is 0.700. The predicted molar refractivity (Wildman–Crippen MR) is 99.1 cm³/mol. The lowest BCUT2D eigenvalue weighted by Gasteiger charge is -2.38. The van der Waals surface area contributed by atoms with Gasteiger partial charge in [-0.2, -0.15) is 0 Å². The third-order valence-corrected chi connectivity index (χ3v) is 4.98. The first-order valence-electron chi connectivity index (χ1n) is 9.35. The molecular weight excluding hydrogens is 300 g/mol. The number of aliphatic hydroxyl groups excluding tert-OH is 1. The van der Waals surface area contributed by atoms with Crippen LogP contribution >= 0.6 is 0 Å². The van der Waals surface area contributed by atoms with Crippen molar-refractivity contribution < 1.29 is 9.84 Å². The van der Waals surface area contributed by atoms with Gasteiger partial charge in [0.1, 0.15) is 11.8 Å². The number of hydrogen-bond donors (Lipinski definition) is 1. The van der Waals surface area contributed by atoms with Gasteiger partial charge in [0.25, 0.3) is 0 Å². The Hall–Kier alpha value is -0.940. The Balaban J connectivity index is 1.92. The summed E-state index contributed by atoms with van der Waals surface area (Å²) in [7, 11) is 0. The van der Waals surface area contributed by atoms with Gasteiger partial charge in [0.05, 0.1) is 6.61 Å². The summed E-state index contributed by atoms with van der Waals surface area (Å²) in [5.74, 6) is 0. The fourth-order valence-electron chi connectivity index (χ4n) is 3.32. The monoisotopic (exact) mass is 334 g/mol.